The first-order valence-electron chi connectivity index (χ1n) is 8.76. The van der Waals surface area contributed by atoms with Crippen molar-refractivity contribution in [3.05, 3.63) is 53.9 Å². The first-order chi connectivity index (χ1) is 11.7. The van der Waals surface area contributed by atoms with Crippen molar-refractivity contribution in [2.75, 3.05) is 13.1 Å². The number of hydrogen-bond acceptors (Lipinski definition) is 3. The summed E-state index contributed by atoms with van der Waals surface area (Å²) < 4.78 is 1.82. The lowest BCUT2D eigenvalue weighted by molar-refractivity contribution is -0.136. The van der Waals surface area contributed by atoms with Crippen molar-refractivity contribution in [2.45, 2.75) is 31.3 Å². The number of benzene rings is 1. The fraction of sp³-hybridized carbons (Fsp3) is 0.474. The molecule has 1 aliphatic heterocycles. The van der Waals surface area contributed by atoms with Crippen molar-refractivity contribution in [3.63, 3.8) is 0 Å². The maximum Gasteiger partial charge on any atom is 0.228 e. The minimum atomic E-state index is 0.0125. The first kappa shape index (κ1) is 15.4. The van der Waals surface area contributed by atoms with Gasteiger partial charge in [0.2, 0.25) is 5.91 Å². The van der Waals surface area contributed by atoms with E-state index in [-0.39, 0.29) is 11.8 Å². The molecule has 126 valence electrons. The molecule has 1 saturated carbocycles. The lowest BCUT2D eigenvalue weighted by Gasteiger charge is -2.28. The van der Waals surface area contributed by atoms with Gasteiger partial charge in [0.1, 0.15) is 0 Å². The second-order valence-corrected chi connectivity index (χ2v) is 7.00. The summed E-state index contributed by atoms with van der Waals surface area (Å²) in [6.07, 6.45) is 6.21. The molecule has 1 aliphatic carbocycles. The summed E-state index contributed by atoms with van der Waals surface area (Å²) >= 11 is 0. The second kappa shape index (κ2) is 6.40. The molecule has 4 rings (SSSR count). The Balaban J connectivity index is 1.53. The van der Waals surface area contributed by atoms with Gasteiger partial charge in [0, 0.05) is 44.8 Å². The van der Waals surface area contributed by atoms with Crippen molar-refractivity contribution in [2.24, 2.45) is 13.0 Å². The van der Waals surface area contributed by atoms with E-state index in [9.17, 15) is 4.79 Å². The molecule has 1 N–H and O–H groups in total. The van der Waals surface area contributed by atoms with E-state index in [1.807, 2.05) is 42.3 Å². The van der Waals surface area contributed by atoms with Gasteiger partial charge in [-0.25, -0.2) is 0 Å². The summed E-state index contributed by atoms with van der Waals surface area (Å²) in [7, 11) is 1.93. The van der Waals surface area contributed by atoms with E-state index in [4.69, 9.17) is 0 Å². The molecule has 1 saturated heterocycles. The molecular weight excluding hydrogens is 300 g/mol. The molecule has 2 atom stereocenters. The van der Waals surface area contributed by atoms with Gasteiger partial charge < -0.3 is 10.2 Å². The van der Waals surface area contributed by atoms with Crippen LogP contribution in [0.3, 0.4) is 0 Å². The number of carbonyl (C=O) groups is 1. The van der Waals surface area contributed by atoms with Crippen LogP contribution in [-0.4, -0.2) is 39.7 Å². The average Bonchev–Trinajstić information content (AvgIpc) is 3.15. The van der Waals surface area contributed by atoms with Crippen molar-refractivity contribution in [3.8, 4) is 0 Å². The Morgan fingerprint density at radius 3 is 2.75 bits per heavy atom. The Labute approximate surface area is 142 Å². The molecule has 24 heavy (non-hydrogen) atoms. The quantitative estimate of drug-likeness (QED) is 0.914. The maximum absolute atomic E-state index is 13.3. The first-order valence-corrected chi connectivity index (χ1v) is 8.76. The van der Waals surface area contributed by atoms with Crippen LogP contribution >= 0.6 is 0 Å². The molecule has 1 aromatic heterocycles. The van der Waals surface area contributed by atoms with E-state index < -0.39 is 0 Å². The molecular formula is C19H24N4O. The van der Waals surface area contributed by atoms with Gasteiger partial charge in [-0.1, -0.05) is 30.3 Å². The highest BCUT2D eigenvalue weighted by atomic mass is 16.2. The molecule has 0 bridgehead atoms. The Kier molecular flexibility index (Phi) is 4.10. The standard InChI is InChI=1S/C19H24N4O/c1-22-13-15(9-21-22)17-10-20-11-18(17)19(24)23(16-7-8-16)12-14-5-3-2-4-6-14/h2-6,9,13,16-18,20H,7-8,10-12H2,1H3/t17-,18+/m1/s1. The van der Waals surface area contributed by atoms with Crippen molar-refractivity contribution in [1.29, 1.82) is 0 Å². The molecule has 5 heteroatoms. The summed E-state index contributed by atoms with van der Waals surface area (Å²) in [5.74, 6) is 0.530. The van der Waals surface area contributed by atoms with Crippen LogP contribution in [0.2, 0.25) is 0 Å². The molecule has 2 heterocycles. The zero-order chi connectivity index (χ0) is 16.5. The van der Waals surface area contributed by atoms with Gasteiger partial charge in [-0.05, 0) is 24.0 Å². The summed E-state index contributed by atoms with van der Waals surface area (Å²) in [6.45, 7) is 2.34. The minimum Gasteiger partial charge on any atom is -0.335 e. The van der Waals surface area contributed by atoms with Gasteiger partial charge in [0.05, 0.1) is 12.1 Å². The molecule has 2 fully saturated rings. The van der Waals surface area contributed by atoms with Gasteiger partial charge in [0.15, 0.2) is 0 Å². The van der Waals surface area contributed by atoms with Crippen molar-refractivity contribution >= 4 is 5.91 Å². The second-order valence-electron chi connectivity index (χ2n) is 7.00. The summed E-state index contributed by atoms with van der Waals surface area (Å²) in [5.41, 5.74) is 2.37. The monoisotopic (exact) mass is 324 g/mol. The van der Waals surface area contributed by atoms with Crippen LogP contribution in [0.25, 0.3) is 0 Å². The van der Waals surface area contributed by atoms with Gasteiger partial charge >= 0.3 is 0 Å². The van der Waals surface area contributed by atoms with Gasteiger partial charge in [-0.3, -0.25) is 9.48 Å². The van der Waals surface area contributed by atoms with Crippen LogP contribution in [0.1, 0.15) is 29.9 Å². The summed E-state index contributed by atoms with van der Waals surface area (Å²) in [6, 6.07) is 10.7. The Morgan fingerprint density at radius 1 is 1.29 bits per heavy atom. The van der Waals surface area contributed by atoms with Crippen molar-refractivity contribution in [1.82, 2.24) is 20.0 Å². The maximum atomic E-state index is 13.3. The van der Waals surface area contributed by atoms with E-state index >= 15 is 0 Å². The lowest BCUT2D eigenvalue weighted by atomic mass is 9.89. The molecule has 5 nitrogen and oxygen atoms in total. The third-order valence-corrected chi connectivity index (χ3v) is 5.15. The fourth-order valence-corrected chi connectivity index (χ4v) is 3.69. The van der Waals surface area contributed by atoms with Gasteiger partial charge in [-0.15, -0.1) is 0 Å². The van der Waals surface area contributed by atoms with Gasteiger partial charge in [-0.2, -0.15) is 5.10 Å². The van der Waals surface area contributed by atoms with Crippen LogP contribution in [0, 0.1) is 5.92 Å². The highest BCUT2D eigenvalue weighted by Crippen LogP contribution is 2.34. The molecule has 2 aromatic rings. The number of nitrogens with one attached hydrogen (secondary N) is 1. The zero-order valence-corrected chi connectivity index (χ0v) is 14.1. The van der Waals surface area contributed by atoms with E-state index in [2.05, 4.69) is 27.4 Å². The van der Waals surface area contributed by atoms with Crippen LogP contribution < -0.4 is 5.32 Å². The molecule has 0 unspecified atom stereocenters. The van der Waals surface area contributed by atoms with Crippen LogP contribution in [0.15, 0.2) is 42.7 Å². The minimum absolute atomic E-state index is 0.0125. The third kappa shape index (κ3) is 3.08. The highest BCUT2D eigenvalue weighted by Gasteiger charge is 2.41. The molecule has 0 radical (unpaired) electrons. The molecule has 1 amide bonds. The van der Waals surface area contributed by atoms with Crippen LogP contribution in [-0.2, 0) is 18.4 Å². The Bertz CT molecular complexity index is 707. The number of hydrogen-bond donors (Lipinski definition) is 1. The number of aromatic nitrogens is 2. The predicted molar refractivity (Wildman–Crippen MR) is 92.3 cm³/mol. The normalized spacial score (nSPS) is 23.4. The Morgan fingerprint density at radius 2 is 2.08 bits per heavy atom. The molecule has 0 spiro atoms. The highest BCUT2D eigenvalue weighted by molar-refractivity contribution is 5.81. The van der Waals surface area contributed by atoms with Crippen molar-refractivity contribution < 1.29 is 4.79 Å². The third-order valence-electron chi connectivity index (χ3n) is 5.15. The fourth-order valence-electron chi connectivity index (χ4n) is 3.69. The Hall–Kier alpha value is -2.14. The molecule has 2 aliphatic rings. The number of nitrogens with zero attached hydrogens (tertiary/aromatic N) is 3. The predicted octanol–water partition coefficient (Wildman–Crippen LogP) is 1.91. The smallest absolute Gasteiger partial charge is 0.228 e. The largest absolute Gasteiger partial charge is 0.335 e. The van der Waals surface area contributed by atoms with E-state index in [0.29, 0.717) is 11.9 Å². The number of rotatable bonds is 5. The summed E-state index contributed by atoms with van der Waals surface area (Å²) in [5, 5.41) is 7.68. The summed E-state index contributed by atoms with van der Waals surface area (Å²) in [4.78, 5) is 15.4. The van der Waals surface area contributed by atoms with E-state index in [0.717, 1.165) is 38.0 Å². The number of carbonyl (C=O) groups excluding carboxylic acids is 1. The van der Waals surface area contributed by atoms with E-state index in [1.54, 1.807) is 0 Å². The number of aryl methyl sites for hydroxylation is 1. The van der Waals surface area contributed by atoms with Crippen LogP contribution in [0.4, 0.5) is 0 Å². The zero-order valence-electron chi connectivity index (χ0n) is 14.1. The van der Waals surface area contributed by atoms with Gasteiger partial charge in [0.25, 0.3) is 0 Å². The SMILES string of the molecule is Cn1cc([C@H]2CNC[C@@H]2C(=O)N(Cc2ccccc2)C2CC2)cn1. The van der Waals surface area contributed by atoms with E-state index in [1.165, 1.54) is 5.56 Å². The molecule has 1 aromatic carbocycles. The topological polar surface area (TPSA) is 50.2 Å². The average molecular weight is 324 g/mol. The van der Waals surface area contributed by atoms with Crippen LogP contribution in [0.5, 0.6) is 0 Å². The number of amides is 1. The lowest BCUT2D eigenvalue weighted by Crippen LogP contribution is -2.39.